The smallest absolute Gasteiger partial charge is 0.159 e. The number of rotatable bonds is 2. The van der Waals surface area contributed by atoms with Crippen molar-refractivity contribution in [3.05, 3.63) is 44.6 Å². The number of halogens is 2. The van der Waals surface area contributed by atoms with Crippen LogP contribution in [0.3, 0.4) is 0 Å². The average Bonchev–Trinajstić information content (AvgIpc) is 3.33. The Labute approximate surface area is 137 Å². The number of fused-ring (bicyclic) bond motifs is 1. The summed E-state index contributed by atoms with van der Waals surface area (Å²) in [5.74, 6) is 1.46. The molecule has 0 atom stereocenters. The molecule has 3 nitrogen and oxygen atoms in total. The van der Waals surface area contributed by atoms with Crippen LogP contribution in [0.2, 0.25) is 5.02 Å². The number of nitrogens with one attached hydrogen (secondary N) is 1. The van der Waals surface area contributed by atoms with Crippen molar-refractivity contribution in [2.24, 2.45) is 0 Å². The molecule has 0 bridgehead atoms. The summed E-state index contributed by atoms with van der Waals surface area (Å²) >= 11 is 9.56. The second-order valence-corrected chi connectivity index (χ2v) is 6.95. The Bertz CT molecular complexity index is 713. The van der Waals surface area contributed by atoms with E-state index >= 15 is 0 Å². The molecule has 108 valence electrons. The maximum absolute atomic E-state index is 6.08. The third-order valence-electron chi connectivity index (χ3n) is 4.11. The predicted molar refractivity (Wildman–Crippen MR) is 87.6 cm³/mol. The number of benzene rings is 1. The first-order valence-corrected chi connectivity index (χ1v) is 8.45. The molecular weight excluding hydrogens is 350 g/mol. The minimum Gasteiger partial charge on any atom is -0.312 e. The van der Waals surface area contributed by atoms with Crippen LogP contribution in [0.25, 0.3) is 11.4 Å². The van der Waals surface area contributed by atoms with Gasteiger partial charge in [0, 0.05) is 41.0 Å². The highest BCUT2D eigenvalue weighted by Gasteiger charge is 2.30. The predicted octanol–water partition coefficient (Wildman–Crippen LogP) is 4.08. The molecule has 21 heavy (non-hydrogen) atoms. The fraction of sp³-hybridized carbons (Fsp3) is 0.375. The van der Waals surface area contributed by atoms with Gasteiger partial charge < -0.3 is 5.32 Å². The number of nitrogens with zero attached hydrogens (tertiary/aromatic N) is 2. The van der Waals surface area contributed by atoms with Crippen molar-refractivity contribution in [2.45, 2.75) is 31.7 Å². The standard InChI is InChI=1S/C16H15BrClN3/c17-12-7-10(3-4-13(12)18)16-20-14-5-6-19-8-11(14)15(21-16)9-1-2-9/h3-4,7,9,19H,1-2,5-6,8H2. The average molecular weight is 365 g/mol. The minimum atomic E-state index is 0.635. The van der Waals surface area contributed by atoms with Crippen LogP contribution in [-0.2, 0) is 13.0 Å². The van der Waals surface area contributed by atoms with Gasteiger partial charge in [-0.25, -0.2) is 9.97 Å². The molecule has 1 aromatic heterocycles. The Morgan fingerprint density at radius 1 is 1.24 bits per heavy atom. The highest BCUT2D eigenvalue weighted by Crippen LogP contribution is 2.42. The van der Waals surface area contributed by atoms with Crippen LogP contribution < -0.4 is 5.32 Å². The Kier molecular flexibility index (Phi) is 3.48. The van der Waals surface area contributed by atoms with Crippen LogP contribution in [0.5, 0.6) is 0 Å². The van der Waals surface area contributed by atoms with E-state index in [0.717, 1.165) is 35.4 Å². The lowest BCUT2D eigenvalue weighted by Crippen LogP contribution is -2.26. The summed E-state index contributed by atoms with van der Waals surface area (Å²) in [5.41, 5.74) is 4.83. The largest absolute Gasteiger partial charge is 0.312 e. The van der Waals surface area contributed by atoms with Crippen LogP contribution in [0, 0.1) is 0 Å². The summed E-state index contributed by atoms with van der Waals surface area (Å²) in [6, 6.07) is 5.89. The fourth-order valence-electron chi connectivity index (χ4n) is 2.83. The van der Waals surface area contributed by atoms with Gasteiger partial charge in [0.25, 0.3) is 0 Å². The minimum absolute atomic E-state index is 0.635. The molecule has 1 saturated carbocycles. The SMILES string of the molecule is Clc1ccc(-c2nc3c(c(C4CC4)n2)CNCC3)cc1Br. The van der Waals surface area contributed by atoms with Crippen molar-refractivity contribution >= 4 is 27.5 Å². The van der Waals surface area contributed by atoms with Gasteiger partial charge in [-0.3, -0.25) is 0 Å². The van der Waals surface area contributed by atoms with Crippen molar-refractivity contribution in [2.75, 3.05) is 6.54 Å². The Hall–Kier alpha value is -0.970. The Morgan fingerprint density at radius 2 is 2.10 bits per heavy atom. The van der Waals surface area contributed by atoms with Gasteiger partial charge in [-0.05, 0) is 47.0 Å². The number of hydrogen-bond donors (Lipinski definition) is 1. The third kappa shape index (κ3) is 2.60. The first-order valence-electron chi connectivity index (χ1n) is 7.28. The lowest BCUT2D eigenvalue weighted by atomic mass is 10.0. The molecule has 1 aromatic carbocycles. The van der Waals surface area contributed by atoms with Crippen LogP contribution in [-0.4, -0.2) is 16.5 Å². The second-order valence-electron chi connectivity index (χ2n) is 5.69. The van der Waals surface area contributed by atoms with Gasteiger partial charge in [0.15, 0.2) is 5.82 Å². The second kappa shape index (κ2) is 5.34. The van der Waals surface area contributed by atoms with E-state index in [1.807, 2.05) is 18.2 Å². The zero-order chi connectivity index (χ0) is 14.4. The Balaban J connectivity index is 1.85. The molecule has 1 fully saturated rings. The van der Waals surface area contributed by atoms with Crippen molar-refractivity contribution in [3.8, 4) is 11.4 Å². The van der Waals surface area contributed by atoms with E-state index in [2.05, 4.69) is 21.2 Å². The maximum atomic E-state index is 6.08. The van der Waals surface area contributed by atoms with E-state index in [-0.39, 0.29) is 0 Å². The number of hydrogen-bond acceptors (Lipinski definition) is 3. The first kappa shape index (κ1) is 13.7. The topological polar surface area (TPSA) is 37.8 Å². The fourth-order valence-corrected chi connectivity index (χ4v) is 3.32. The van der Waals surface area contributed by atoms with Gasteiger partial charge in [-0.2, -0.15) is 0 Å². The number of aromatic nitrogens is 2. The Morgan fingerprint density at radius 3 is 2.86 bits per heavy atom. The summed E-state index contributed by atoms with van der Waals surface area (Å²) in [4.78, 5) is 9.68. The molecule has 0 unspecified atom stereocenters. The van der Waals surface area contributed by atoms with E-state index < -0.39 is 0 Å². The van der Waals surface area contributed by atoms with Crippen molar-refractivity contribution in [1.82, 2.24) is 15.3 Å². The van der Waals surface area contributed by atoms with Gasteiger partial charge in [-0.1, -0.05) is 11.6 Å². The zero-order valence-electron chi connectivity index (χ0n) is 11.5. The molecule has 0 spiro atoms. The summed E-state index contributed by atoms with van der Waals surface area (Å²) < 4.78 is 0.887. The van der Waals surface area contributed by atoms with Gasteiger partial charge in [-0.15, -0.1) is 0 Å². The molecule has 2 aromatic rings. The van der Waals surface area contributed by atoms with E-state index in [9.17, 15) is 0 Å². The van der Waals surface area contributed by atoms with Crippen LogP contribution >= 0.6 is 27.5 Å². The molecule has 0 radical (unpaired) electrons. The zero-order valence-corrected chi connectivity index (χ0v) is 13.8. The van der Waals surface area contributed by atoms with Crippen LogP contribution in [0.4, 0.5) is 0 Å². The van der Waals surface area contributed by atoms with Gasteiger partial charge in [0.05, 0.1) is 16.4 Å². The molecule has 1 N–H and O–H groups in total. The monoisotopic (exact) mass is 363 g/mol. The highest BCUT2D eigenvalue weighted by atomic mass is 79.9. The lowest BCUT2D eigenvalue weighted by Gasteiger charge is -2.20. The van der Waals surface area contributed by atoms with E-state index in [1.54, 1.807) is 0 Å². The van der Waals surface area contributed by atoms with E-state index in [4.69, 9.17) is 21.6 Å². The normalized spacial score (nSPS) is 17.6. The van der Waals surface area contributed by atoms with E-state index in [1.165, 1.54) is 29.8 Å². The van der Waals surface area contributed by atoms with Gasteiger partial charge in [0.2, 0.25) is 0 Å². The summed E-state index contributed by atoms with van der Waals surface area (Å²) in [5, 5.41) is 4.15. The van der Waals surface area contributed by atoms with Crippen LogP contribution in [0.15, 0.2) is 22.7 Å². The van der Waals surface area contributed by atoms with Gasteiger partial charge >= 0.3 is 0 Å². The maximum Gasteiger partial charge on any atom is 0.159 e. The summed E-state index contributed by atoms with van der Waals surface area (Å²) in [6.07, 6.45) is 3.50. The summed E-state index contributed by atoms with van der Waals surface area (Å²) in [6.45, 7) is 1.91. The molecule has 2 aliphatic rings. The molecule has 0 amide bonds. The molecule has 1 aliphatic heterocycles. The highest BCUT2D eigenvalue weighted by molar-refractivity contribution is 9.10. The molecule has 4 rings (SSSR count). The van der Waals surface area contributed by atoms with Crippen molar-refractivity contribution in [1.29, 1.82) is 0 Å². The van der Waals surface area contributed by atoms with E-state index in [0.29, 0.717) is 10.9 Å². The molecule has 1 aliphatic carbocycles. The third-order valence-corrected chi connectivity index (χ3v) is 5.32. The molecular formula is C16H15BrClN3. The molecule has 0 saturated heterocycles. The van der Waals surface area contributed by atoms with Crippen molar-refractivity contribution < 1.29 is 0 Å². The summed E-state index contributed by atoms with van der Waals surface area (Å²) in [7, 11) is 0. The van der Waals surface area contributed by atoms with Crippen LogP contribution in [0.1, 0.15) is 35.7 Å². The molecule has 5 heteroatoms. The van der Waals surface area contributed by atoms with Gasteiger partial charge in [0.1, 0.15) is 0 Å². The first-order chi connectivity index (χ1) is 10.2. The molecule has 2 heterocycles. The quantitative estimate of drug-likeness (QED) is 0.872. The van der Waals surface area contributed by atoms with Crippen molar-refractivity contribution in [3.63, 3.8) is 0 Å². The lowest BCUT2D eigenvalue weighted by molar-refractivity contribution is 0.617.